The van der Waals surface area contributed by atoms with Gasteiger partial charge < -0.3 is 5.11 Å². The Morgan fingerprint density at radius 3 is 2.80 bits per heavy atom. The molecular weight excluding hydrogens is 430 g/mol. The summed E-state index contributed by atoms with van der Waals surface area (Å²) in [6, 6.07) is 1.56. The Balaban J connectivity index is 2.08. The van der Waals surface area contributed by atoms with Crippen molar-refractivity contribution in [2.75, 3.05) is 6.54 Å². The number of thiophene rings is 1. The van der Waals surface area contributed by atoms with Crippen molar-refractivity contribution < 1.29 is 13.5 Å². The van der Waals surface area contributed by atoms with Crippen molar-refractivity contribution >= 4 is 53.2 Å². The van der Waals surface area contributed by atoms with Gasteiger partial charge in [0.25, 0.3) is 0 Å². The third-order valence-electron chi connectivity index (χ3n) is 3.57. The number of hydrogen-bond acceptors (Lipinski definition) is 4. The molecule has 1 aliphatic rings. The number of rotatable bonds is 4. The summed E-state index contributed by atoms with van der Waals surface area (Å²) in [5.74, 6) is 0.431. The maximum absolute atomic E-state index is 12.3. The van der Waals surface area contributed by atoms with Crippen LogP contribution in [0.3, 0.4) is 0 Å². The van der Waals surface area contributed by atoms with Crippen LogP contribution in [0.25, 0.3) is 0 Å². The lowest BCUT2D eigenvalue weighted by atomic mass is 9.79. The Kier molecular flexibility index (Phi) is 5.35. The summed E-state index contributed by atoms with van der Waals surface area (Å²) < 4.78 is 28.4. The van der Waals surface area contributed by atoms with Crippen LogP contribution in [-0.4, -0.2) is 25.7 Å². The fourth-order valence-corrected chi connectivity index (χ4v) is 7.54. The van der Waals surface area contributed by atoms with Gasteiger partial charge in [0.05, 0.1) is 13.2 Å². The molecule has 0 saturated heterocycles. The van der Waals surface area contributed by atoms with E-state index >= 15 is 0 Å². The lowest BCUT2D eigenvalue weighted by Crippen LogP contribution is -2.45. The highest BCUT2D eigenvalue weighted by Crippen LogP contribution is 2.35. The average molecular weight is 447 g/mol. The SMILES string of the molecule is CC1CCCC(O)(CNS(=O)(=O)c2cc(Br)sc2Br)C1. The Morgan fingerprint density at radius 2 is 2.25 bits per heavy atom. The molecule has 20 heavy (non-hydrogen) atoms. The smallest absolute Gasteiger partial charge is 0.242 e. The molecule has 0 bridgehead atoms. The molecule has 2 unspecified atom stereocenters. The summed E-state index contributed by atoms with van der Waals surface area (Å²) >= 11 is 7.83. The van der Waals surface area contributed by atoms with Crippen molar-refractivity contribution in [3.63, 3.8) is 0 Å². The van der Waals surface area contributed by atoms with Gasteiger partial charge in [0, 0.05) is 6.54 Å². The first-order valence-electron chi connectivity index (χ1n) is 6.39. The highest BCUT2D eigenvalue weighted by atomic mass is 79.9. The Labute approximate surface area is 140 Å². The molecule has 1 heterocycles. The van der Waals surface area contributed by atoms with Gasteiger partial charge in [-0.1, -0.05) is 19.8 Å². The van der Waals surface area contributed by atoms with E-state index < -0.39 is 15.6 Å². The zero-order valence-electron chi connectivity index (χ0n) is 11.0. The monoisotopic (exact) mass is 445 g/mol. The van der Waals surface area contributed by atoms with Crippen molar-refractivity contribution in [1.29, 1.82) is 0 Å². The van der Waals surface area contributed by atoms with Crippen LogP contribution in [0.1, 0.15) is 32.6 Å². The largest absolute Gasteiger partial charge is 0.389 e. The molecule has 1 aliphatic carbocycles. The van der Waals surface area contributed by atoms with Crippen molar-refractivity contribution in [1.82, 2.24) is 4.72 Å². The van der Waals surface area contributed by atoms with E-state index in [1.165, 1.54) is 11.3 Å². The van der Waals surface area contributed by atoms with E-state index in [2.05, 4.69) is 43.5 Å². The molecule has 0 amide bonds. The quantitative estimate of drug-likeness (QED) is 0.743. The molecule has 1 fully saturated rings. The molecule has 2 N–H and O–H groups in total. The molecule has 1 saturated carbocycles. The van der Waals surface area contributed by atoms with Gasteiger partial charge in [0.15, 0.2) is 0 Å². The van der Waals surface area contributed by atoms with Crippen LogP contribution in [0, 0.1) is 5.92 Å². The van der Waals surface area contributed by atoms with Crippen molar-refractivity contribution in [3.05, 3.63) is 13.6 Å². The summed E-state index contributed by atoms with van der Waals surface area (Å²) in [4.78, 5) is 0.210. The molecule has 114 valence electrons. The zero-order chi connectivity index (χ0) is 15.0. The van der Waals surface area contributed by atoms with E-state index in [1.807, 2.05) is 0 Å². The third-order valence-corrected chi connectivity index (χ3v) is 7.73. The Hall–Kier alpha value is 0.530. The van der Waals surface area contributed by atoms with Crippen LogP contribution < -0.4 is 4.72 Å². The summed E-state index contributed by atoms with van der Waals surface area (Å²) in [6.07, 6.45) is 3.32. The van der Waals surface area contributed by atoms with E-state index in [1.54, 1.807) is 6.07 Å². The molecule has 2 rings (SSSR count). The van der Waals surface area contributed by atoms with E-state index in [0.717, 1.165) is 16.6 Å². The van der Waals surface area contributed by atoms with Gasteiger partial charge in [-0.2, -0.15) is 0 Å². The first kappa shape index (κ1) is 16.9. The van der Waals surface area contributed by atoms with Gasteiger partial charge in [-0.3, -0.25) is 0 Å². The first-order valence-corrected chi connectivity index (χ1v) is 10.3. The molecule has 4 nitrogen and oxygen atoms in total. The van der Waals surface area contributed by atoms with Crippen LogP contribution in [0.15, 0.2) is 18.5 Å². The number of nitrogens with one attached hydrogen (secondary N) is 1. The molecule has 0 radical (unpaired) electrons. The van der Waals surface area contributed by atoms with Crippen molar-refractivity contribution in [3.8, 4) is 0 Å². The summed E-state index contributed by atoms with van der Waals surface area (Å²) in [7, 11) is -3.60. The second kappa shape index (κ2) is 6.34. The molecule has 0 aliphatic heterocycles. The highest BCUT2D eigenvalue weighted by molar-refractivity contribution is 9.12. The number of aliphatic hydroxyl groups is 1. The summed E-state index contributed by atoms with van der Waals surface area (Å²) in [5.41, 5.74) is -0.926. The fraction of sp³-hybridized carbons (Fsp3) is 0.667. The number of hydrogen-bond donors (Lipinski definition) is 2. The van der Waals surface area contributed by atoms with Crippen LogP contribution in [-0.2, 0) is 10.0 Å². The van der Waals surface area contributed by atoms with E-state index in [-0.39, 0.29) is 11.4 Å². The predicted molar refractivity (Wildman–Crippen MR) is 87.5 cm³/mol. The average Bonchev–Trinajstić information content (AvgIpc) is 2.67. The number of sulfonamides is 1. The Bertz CT molecular complexity index is 588. The van der Waals surface area contributed by atoms with Gasteiger partial charge in [-0.25, -0.2) is 13.1 Å². The van der Waals surface area contributed by atoms with E-state index in [9.17, 15) is 13.5 Å². The minimum atomic E-state index is -3.60. The van der Waals surface area contributed by atoms with Crippen LogP contribution in [0.4, 0.5) is 0 Å². The van der Waals surface area contributed by atoms with Crippen LogP contribution in [0.2, 0.25) is 0 Å². The molecule has 0 spiro atoms. The second-order valence-corrected chi connectivity index (χ2v) is 10.9. The van der Waals surface area contributed by atoms with Crippen LogP contribution in [0.5, 0.6) is 0 Å². The van der Waals surface area contributed by atoms with Crippen LogP contribution >= 0.6 is 43.2 Å². The lowest BCUT2D eigenvalue weighted by molar-refractivity contribution is -0.00751. The first-order chi connectivity index (χ1) is 9.22. The predicted octanol–water partition coefficient (Wildman–Crippen LogP) is 3.49. The standard InChI is InChI=1S/C12H17Br2NO3S2/c1-8-3-2-4-12(16,6-8)7-15-20(17,18)9-5-10(13)19-11(9)14/h5,8,15-16H,2-4,6-7H2,1H3. The summed E-state index contributed by atoms with van der Waals surface area (Å²) in [6.45, 7) is 2.16. The van der Waals surface area contributed by atoms with Gasteiger partial charge >= 0.3 is 0 Å². The second-order valence-electron chi connectivity index (χ2n) is 5.44. The molecule has 1 aromatic heterocycles. The Morgan fingerprint density at radius 1 is 1.55 bits per heavy atom. The van der Waals surface area contributed by atoms with Gasteiger partial charge in [-0.05, 0) is 56.7 Å². The lowest BCUT2D eigenvalue weighted by Gasteiger charge is -2.35. The van der Waals surface area contributed by atoms with Gasteiger partial charge in [-0.15, -0.1) is 11.3 Å². The molecular formula is C12H17Br2NO3S2. The molecule has 1 aromatic rings. The minimum Gasteiger partial charge on any atom is -0.389 e. The topological polar surface area (TPSA) is 66.4 Å². The highest BCUT2D eigenvalue weighted by Gasteiger charge is 2.34. The minimum absolute atomic E-state index is 0.0690. The van der Waals surface area contributed by atoms with Crippen molar-refractivity contribution in [2.45, 2.75) is 43.1 Å². The van der Waals surface area contributed by atoms with Gasteiger partial charge in [0.1, 0.15) is 4.90 Å². The van der Waals surface area contributed by atoms with Gasteiger partial charge in [0.2, 0.25) is 10.0 Å². The van der Waals surface area contributed by atoms with E-state index in [4.69, 9.17) is 0 Å². The summed E-state index contributed by atoms with van der Waals surface area (Å²) in [5, 5.41) is 10.5. The fourth-order valence-electron chi connectivity index (χ4n) is 2.61. The normalized spacial score (nSPS) is 27.7. The third kappa shape index (κ3) is 4.04. The molecule has 0 aromatic carbocycles. The number of halogens is 2. The molecule has 8 heteroatoms. The van der Waals surface area contributed by atoms with Crippen molar-refractivity contribution in [2.24, 2.45) is 5.92 Å². The zero-order valence-corrected chi connectivity index (χ0v) is 15.8. The maximum atomic E-state index is 12.3. The maximum Gasteiger partial charge on any atom is 0.242 e. The molecule has 2 atom stereocenters. The van der Waals surface area contributed by atoms with E-state index in [0.29, 0.717) is 22.5 Å².